The van der Waals surface area contributed by atoms with E-state index in [1.54, 1.807) is 32.9 Å². The van der Waals surface area contributed by atoms with Gasteiger partial charge >= 0.3 is 6.09 Å². The highest BCUT2D eigenvalue weighted by Crippen LogP contribution is 2.28. The molecular weight excluding hydrogens is 246 g/mol. The van der Waals surface area contributed by atoms with E-state index >= 15 is 0 Å². The molecule has 1 rings (SSSR count). The number of aromatic hydroxyl groups is 1. The summed E-state index contributed by atoms with van der Waals surface area (Å²) in [6.45, 7) is 5.36. The number of amides is 1. The second kappa shape index (κ2) is 6.43. The number of ether oxygens (including phenoxy) is 1. The van der Waals surface area contributed by atoms with Crippen LogP contribution in [0.15, 0.2) is 18.2 Å². The van der Waals surface area contributed by atoms with Gasteiger partial charge in [0.2, 0.25) is 0 Å². The number of para-hydroxylation sites is 1. The lowest BCUT2D eigenvalue weighted by Crippen LogP contribution is -2.27. The first kappa shape index (κ1) is 15.3. The van der Waals surface area contributed by atoms with Gasteiger partial charge in [-0.1, -0.05) is 12.1 Å². The van der Waals surface area contributed by atoms with E-state index in [1.807, 2.05) is 0 Å². The maximum Gasteiger partial charge on any atom is 0.412 e. The Morgan fingerprint density at radius 2 is 2.05 bits per heavy atom. The number of benzene rings is 1. The zero-order chi connectivity index (χ0) is 14.5. The van der Waals surface area contributed by atoms with Gasteiger partial charge in [-0.2, -0.15) is 0 Å². The van der Waals surface area contributed by atoms with Crippen LogP contribution in [-0.4, -0.2) is 28.5 Å². The van der Waals surface area contributed by atoms with Crippen molar-refractivity contribution in [1.82, 2.24) is 0 Å². The molecule has 0 spiro atoms. The van der Waals surface area contributed by atoms with Gasteiger partial charge in [-0.25, -0.2) is 4.79 Å². The minimum atomic E-state index is -0.612. The second-order valence-corrected chi connectivity index (χ2v) is 5.27. The average Bonchev–Trinajstić information content (AvgIpc) is 2.27. The van der Waals surface area contributed by atoms with Crippen LogP contribution in [0.2, 0.25) is 0 Å². The highest BCUT2D eigenvalue weighted by Gasteiger charge is 2.18. The number of aliphatic hydroxyl groups is 1. The molecule has 0 radical (unpaired) electrons. The van der Waals surface area contributed by atoms with E-state index in [-0.39, 0.29) is 12.4 Å². The predicted molar refractivity (Wildman–Crippen MR) is 73.4 cm³/mol. The summed E-state index contributed by atoms with van der Waals surface area (Å²) in [7, 11) is 0. The van der Waals surface area contributed by atoms with Gasteiger partial charge in [-0.05, 0) is 45.2 Å². The Morgan fingerprint density at radius 1 is 1.37 bits per heavy atom. The van der Waals surface area contributed by atoms with E-state index in [1.165, 1.54) is 6.07 Å². The van der Waals surface area contributed by atoms with Crippen LogP contribution in [0.4, 0.5) is 10.5 Å². The number of phenolic OH excluding ortho intramolecular Hbond substituents is 1. The molecule has 0 aliphatic carbocycles. The predicted octanol–water partition coefficient (Wildman–Crippen LogP) is 2.66. The summed E-state index contributed by atoms with van der Waals surface area (Å²) >= 11 is 0. The van der Waals surface area contributed by atoms with Crippen LogP contribution in [0, 0.1) is 0 Å². The third kappa shape index (κ3) is 5.18. The maximum atomic E-state index is 11.7. The molecule has 0 saturated carbocycles. The minimum absolute atomic E-state index is 0.0127. The summed E-state index contributed by atoms with van der Waals surface area (Å²) in [6, 6.07) is 4.99. The fourth-order valence-electron chi connectivity index (χ4n) is 1.61. The smallest absolute Gasteiger partial charge is 0.412 e. The van der Waals surface area contributed by atoms with E-state index < -0.39 is 11.7 Å². The standard InChI is InChI=1S/C14H21NO4/c1-14(2,3)19-13(18)15-12-10(7-5-9-16)6-4-8-11(12)17/h4,6,8,16-17H,5,7,9H2,1-3H3,(H,15,18). The van der Waals surface area contributed by atoms with Gasteiger partial charge in [-0.15, -0.1) is 0 Å². The quantitative estimate of drug-likeness (QED) is 0.733. The number of aryl methyl sites for hydroxylation is 1. The van der Waals surface area contributed by atoms with Gasteiger partial charge in [0, 0.05) is 6.61 Å². The molecule has 0 unspecified atom stereocenters. The van der Waals surface area contributed by atoms with E-state index in [0.29, 0.717) is 18.5 Å². The van der Waals surface area contributed by atoms with Crippen molar-refractivity contribution in [3.63, 3.8) is 0 Å². The first-order valence-electron chi connectivity index (χ1n) is 6.25. The molecule has 1 aromatic carbocycles. The molecule has 3 N–H and O–H groups in total. The van der Waals surface area contributed by atoms with Crippen molar-refractivity contribution in [3.8, 4) is 5.75 Å². The van der Waals surface area contributed by atoms with E-state index in [2.05, 4.69) is 5.32 Å². The zero-order valence-corrected chi connectivity index (χ0v) is 11.6. The molecule has 106 valence electrons. The second-order valence-electron chi connectivity index (χ2n) is 5.27. The normalized spacial score (nSPS) is 11.2. The zero-order valence-electron chi connectivity index (χ0n) is 11.6. The molecule has 0 aliphatic heterocycles. The number of nitrogens with one attached hydrogen (secondary N) is 1. The van der Waals surface area contributed by atoms with E-state index in [9.17, 15) is 9.90 Å². The van der Waals surface area contributed by atoms with Gasteiger partial charge in [-0.3, -0.25) is 5.32 Å². The number of anilines is 1. The Morgan fingerprint density at radius 3 is 2.63 bits per heavy atom. The number of rotatable bonds is 4. The molecule has 1 amide bonds. The molecule has 0 saturated heterocycles. The summed E-state index contributed by atoms with van der Waals surface area (Å²) in [4.78, 5) is 11.7. The van der Waals surface area contributed by atoms with Crippen molar-refractivity contribution in [1.29, 1.82) is 0 Å². The van der Waals surface area contributed by atoms with Crippen LogP contribution in [0.1, 0.15) is 32.8 Å². The molecule has 0 fully saturated rings. The monoisotopic (exact) mass is 267 g/mol. The first-order valence-corrected chi connectivity index (χ1v) is 6.25. The van der Waals surface area contributed by atoms with E-state index in [4.69, 9.17) is 9.84 Å². The van der Waals surface area contributed by atoms with Gasteiger partial charge < -0.3 is 14.9 Å². The average molecular weight is 267 g/mol. The van der Waals surface area contributed by atoms with Crippen LogP contribution < -0.4 is 5.32 Å². The molecule has 0 aliphatic rings. The van der Waals surface area contributed by atoms with Crippen molar-refractivity contribution in [3.05, 3.63) is 23.8 Å². The number of aliphatic hydroxyl groups excluding tert-OH is 1. The Hall–Kier alpha value is -1.75. The molecule has 0 aromatic heterocycles. The minimum Gasteiger partial charge on any atom is -0.506 e. The number of carbonyl (C=O) groups excluding carboxylic acids is 1. The summed E-state index contributed by atoms with van der Waals surface area (Å²) in [6.07, 6.45) is 0.516. The summed E-state index contributed by atoms with van der Waals surface area (Å²) in [5.41, 5.74) is 0.504. The largest absolute Gasteiger partial charge is 0.506 e. The first-order chi connectivity index (χ1) is 8.83. The van der Waals surface area contributed by atoms with Crippen molar-refractivity contribution in [2.45, 2.75) is 39.2 Å². The Balaban J connectivity index is 2.84. The van der Waals surface area contributed by atoms with E-state index in [0.717, 1.165) is 5.56 Å². The van der Waals surface area contributed by atoms with Crippen LogP contribution >= 0.6 is 0 Å². The number of phenols is 1. The molecule has 0 heterocycles. The maximum absolute atomic E-state index is 11.7. The molecule has 5 nitrogen and oxygen atoms in total. The van der Waals surface area contributed by atoms with Gasteiger partial charge in [0.15, 0.2) is 0 Å². The van der Waals surface area contributed by atoms with Crippen LogP contribution in [0.25, 0.3) is 0 Å². The van der Waals surface area contributed by atoms with Gasteiger partial charge in [0.25, 0.3) is 0 Å². The van der Waals surface area contributed by atoms with Gasteiger partial charge in [0.05, 0.1) is 5.69 Å². The highest BCUT2D eigenvalue weighted by molar-refractivity contribution is 5.88. The van der Waals surface area contributed by atoms with Crippen LogP contribution in [-0.2, 0) is 11.2 Å². The molecular formula is C14H21NO4. The Bertz CT molecular complexity index is 438. The lowest BCUT2D eigenvalue weighted by atomic mass is 10.1. The van der Waals surface area contributed by atoms with Crippen molar-refractivity contribution < 1.29 is 19.7 Å². The summed E-state index contributed by atoms with van der Waals surface area (Å²) in [5.74, 6) is -0.0127. The summed E-state index contributed by atoms with van der Waals surface area (Å²) in [5, 5.41) is 21.2. The SMILES string of the molecule is CC(C)(C)OC(=O)Nc1c(O)cccc1CCCO. The van der Waals surface area contributed by atoms with Crippen molar-refractivity contribution >= 4 is 11.8 Å². The fourth-order valence-corrected chi connectivity index (χ4v) is 1.61. The molecule has 0 atom stereocenters. The highest BCUT2D eigenvalue weighted by atomic mass is 16.6. The number of hydrogen-bond acceptors (Lipinski definition) is 4. The molecule has 19 heavy (non-hydrogen) atoms. The molecule has 1 aromatic rings. The fraction of sp³-hybridized carbons (Fsp3) is 0.500. The topological polar surface area (TPSA) is 78.8 Å². The summed E-state index contributed by atoms with van der Waals surface area (Å²) < 4.78 is 5.15. The lowest BCUT2D eigenvalue weighted by molar-refractivity contribution is 0.0635. The number of hydrogen-bond donors (Lipinski definition) is 3. The van der Waals surface area contributed by atoms with Gasteiger partial charge in [0.1, 0.15) is 11.4 Å². The molecule has 5 heteroatoms. The van der Waals surface area contributed by atoms with Crippen LogP contribution in [0.3, 0.4) is 0 Å². The number of carbonyl (C=O) groups is 1. The third-order valence-electron chi connectivity index (χ3n) is 2.36. The Kier molecular flexibility index (Phi) is 5.18. The third-order valence-corrected chi connectivity index (χ3v) is 2.36. The van der Waals surface area contributed by atoms with Crippen molar-refractivity contribution in [2.75, 3.05) is 11.9 Å². The van der Waals surface area contributed by atoms with Crippen molar-refractivity contribution in [2.24, 2.45) is 0 Å². The Labute approximate surface area is 113 Å². The molecule has 0 bridgehead atoms. The van der Waals surface area contributed by atoms with Crippen LogP contribution in [0.5, 0.6) is 5.75 Å². The lowest BCUT2D eigenvalue weighted by Gasteiger charge is -2.20.